The van der Waals surface area contributed by atoms with Crippen molar-refractivity contribution in [1.29, 1.82) is 0 Å². The molecule has 0 amide bonds. The molecule has 1 atom stereocenters. The Kier molecular flexibility index (Phi) is 4.01. The maximum Gasteiger partial charge on any atom is 0.134 e. The van der Waals surface area contributed by atoms with E-state index >= 15 is 0 Å². The molecule has 2 rings (SSSR count). The van der Waals surface area contributed by atoms with Crippen LogP contribution in [0.4, 0.5) is 11.6 Å². The van der Waals surface area contributed by atoms with E-state index in [9.17, 15) is 5.11 Å². The summed E-state index contributed by atoms with van der Waals surface area (Å²) in [5.41, 5.74) is 5.80. The average Bonchev–Trinajstić information content (AvgIpc) is 2.38. The van der Waals surface area contributed by atoms with Gasteiger partial charge in [0.1, 0.15) is 17.5 Å². The van der Waals surface area contributed by atoms with Crippen LogP contribution in [-0.2, 0) is 6.42 Å². The second-order valence-corrected chi connectivity index (χ2v) is 4.99. The fourth-order valence-corrected chi connectivity index (χ4v) is 2.43. The van der Waals surface area contributed by atoms with Crippen LogP contribution in [0.1, 0.15) is 32.5 Å². The van der Waals surface area contributed by atoms with Gasteiger partial charge >= 0.3 is 0 Å². The first-order valence-electron chi connectivity index (χ1n) is 6.66. The molecular weight excluding hydrogens is 228 g/mol. The van der Waals surface area contributed by atoms with E-state index in [1.165, 1.54) is 0 Å². The number of rotatable bonds is 3. The number of hydrogen-bond donors (Lipinski definition) is 2. The molecule has 0 aromatic carbocycles. The van der Waals surface area contributed by atoms with E-state index in [0.717, 1.165) is 44.0 Å². The van der Waals surface area contributed by atoms with Gasteiger partial charge in [0.15, 0.2) is 0 Å². The molecule has 1 fully saturated rings. The minimum atomic E-state index is -0.214. The molecular formula is C13H22N4O. The van der Waals surface area contributed by atoms with Gasteiger partial charge in [0, 0.05) is 25.6 Å². The molecule has 1 saturated heterocycles. The highest BCUT2D eigenvalue weighted by atomic mass is 16.3. The Morgan fingerprint density at radius 3 is 2.67 bits per heavy atom. The normalized spacial score (nSPS) is 18.9. The number of aryl methyl sites for hydroxylation is 1. The Balaban J connectivity index is 2.07. The Morgan fingerprint density at radius 2 is 2.11 bits per heavy atom. The van der Waals surface area contributed by atoms with Crippen LogP contribution in [0.2, 0.25) is 0 Å². The van der Waals surface area contributed by atoms with Gasteiger partial charge in [-0.2, -0.15) is 0 Å². The highest BCUT2D eigenvalue weighted by molar-refractivity contribution is 5.47. The van der Waals surface area contributed by atoms with E-state index in [4.69, 9.17) is 5.73 Å². The molecule has 0 radical (unpaired) electrons. The van der Waals surface area contributed by atoms with Gasteiger partial charge in [0.2, 0.25) is 0 Å². The van der Waals surface area contributed by atoms with E-state index in [1.54, 1.807) is 0 Å². The minimum absolute atomic E-state index is 0.214. The van der Waals surface area contributed by atoms with E-state index in [1.807, 2.05) is 19.9 Å². The number of nitrogens with zero attached hydrogens (tertiary/aromatic N) is 3. The average molecular weight is 250 g/mol. The smallest absolute Gasteiger partial charge is 0.134 e. The number of nitrogen functional groups attached to an aromatic ring is 1. The summed E-state index contributed by atoms with van der Waals surface area (Å²) in [4.78, 5) is 10.9. The number of aliphatic hydroxyl groups is 1. The second-order valence-electron chi connectivity index (χ2n) is 4.99. The van der Waals surface area contributed by atoms with Crippen LogP contribution >= 0.6 is 0 Å². The standard InChI is InChI=1S/C13H22N4O/c1-3-12-15-11(14)8-13(16-12)17-6-4-10(5-7-17)9(2)18/h8-10,18H,3-7H2,1-2H3,(H2,14,15,16). The van der Waals surface area contributed by atoms with Gasteiger partial charge in [-0.05, 0) is 25.7 Å². The molecule has 2 heterocycles. The van der Waals surface area contributed by atoms with Crippen molar-refractivity contribution in [3.63, 3.8) is 0 Å². The first kappa shape index (κ1) is 13.1. The van der Waals surface area contributed by atoms with Crippen LogP contribution in [0.5, 0.6) is 0 Å². The number of hydrogen-bond acceptors (Lipinski definition) is 5. The largest absolute Gasteiger partial charge is 0.393 e. The van der Waals surface area contributed by atoms with E-state index in [2.05, 4.69) is 14.9 Å². The van der Waals surface area contributed by atoms with Gasteiger partial charge < -0.3 is 15.7 Å². The third-order valence-corrected chi connectivity index (χ3v) is 3.64. The van der Waals surface area contributed by atoms with Crippen molar-refractivity contribution in [2.45, 2.75) is 39.2 Å². The molecule has 1 aliphatic heterocycles. The van der Waals surface area contributed by atoms with E-state index in [0.29, 0.717) is 11.7 Å². The molecule has 3 N–H and O–H groups in total. The molecule has 1 unspecified atom stereocenters. The van der Waals surface area contributed by atoms with Gasteiger partial charge in [-0.3, -0.25) is 0 Å². The first-order valence-corrected chi connectivity index (χ1v) is 6.66. The van der Waals surface area contributed by atoms with Crippen LogP contribution in [0, 0.1) is 5.92 Å². The summed E-state index contributed by atoms with van der Waals surface area (Å²) in [6.07, 6.45) is 2.59. The molecule has 0 aliphatic carbocycles. The topological polar surface area (TPSA) is 75.3 Å². The van der Waals surface area contributed by atoms with Crippen molar-refractivity contribution >= 4 is 11.6 Å². The van der Waals surface area contributed by atoms with Crippen LogP contribution in [0.3, 0.4) is 0 Å². The lowest BCUT2D eigenvalue weighted by molar-refractivity contribution is 0.110. The molecule has 0 spiro atoms. The number of piperidine rings is 1. The molecule has 0 bridgehead atoms. The quantitative estimate of drug-likeness (QED) is 0.843. The number of aliphatic hydroxyl groups excluding tert-OH is 1. The summed E-state index contributed by atoms with van der Waals surface area (Å²) in [7, 11) is 0. The maximum absolute atomic E-state index is 9.60. The summed E-state index contributed by atoms with van der Waals surface area (Å²) in [6, 6.07) is 1.84. The van der Waals surface area contributed by atoms with Crippen LogP contribution in [-0.4, -0.2) is 34.3 Å². The Bertz CT molecular complexity index is 400. The van der Waals surface area contributed by atoms with Gasteiger partial charge in [-0.25, -0.2) is 9.97 Å². The molecule has 100 valence electrons. The van der Waals surface area contributed by atoms with E-state index < -0.39 is 0 Å². The Labute approximate surface area is 108 Å². The van der Waals surface area contributed by atoms with E-state index in [-0.39, 0.29) is 6.10 Å². The lowest BCUT2D eigenvalue weighted by Gasteiger charge is -2.34. The van der Waals surface area contributed by atoms with Crippen LogP contribution < -0.4 is 10.6 Å². The predicted octanol–water partition coefficient (Wildman–Crippen LogP) is 1.22. The summed E-state index contributed by atoms with van der Waals surface area (Å²) in [6.45, 7) is 5.75. The minimum Gasteiger partial charge on any atom is -0.393 e. The summed E-state index contributed by atoms with van der Waals surface area (Å²) in [5, 5.41) is 9.60. The van der Waals surface area contributed by atoms with Gasteiger partial charge in [0.25, 0.3) is 0 Å². The summed E-state index contributed by atoms with van der Waals surface area (Å²) in [5.74, 6) is 2.66. The zero-order valence-corrected chi connectivity index (χ0v) is 11.1. The number of anilines is 2. The van der Waals surface area contributed by atoms with Crippen molar-refractivity contribution in [3.05, 3.63) is 11.9 Å². The highest BCUT2D eigenvalue weighted by Crippen LogP contribution is 2.24. The summed E-state index contributed by atoms with van der Waals surface area (Å²) >= 11 is 0. The lowest BCUT2D eigenvalue weighted by Crippen LogP contribution is -2.37. The predicted molar refractivity (Wildman–Crippen MR) is 72.4 cm³/mol. The Morgan fingerprint density at radius 1 is 1.44 bits per heavy atom. The maximum atomic E-state index is 9.60. The zero-order valence-electron chi connectivity index (χ0n) is 11.1. The van der Waals surface area contributed by atoms with Gasteiger partial charge in [0.05, 0.1) is 6.10 Å². The van der Waals surface area contributed by atoms with Crippen molar-refractivity contribution < 1.29 is 5.11 Å². The molecule has 18 heavy (non-hydrogen) atoms. The molecule has 1 aromatic heterocycles. The summed E-state index contributed by atoms with van der Waals surface area (Å²) < 4.78 is 0. The fraction of sp³-hybridized carbons (Fsp3) is 0.692. The van der Waals surface area contributed by atoms with Crippen LogP contribution in [0.25, 0.3) is 0 Å². The lowest BCUT2D eigenvalue weighted by atomic mass is 9.92. The first-order chi connectivity index (χ1) is 8.60. The molecule has 5 nitrogen and oxygen atoms in total. The Hall–Kier alpha value is -1.36. The molecule has 0 saturated carbocycles. The number of nitrogens with two attached hydrogens (primary N) is 1. The highest BCUT2D eigenvalue weighted by Gasteiger charge is 2.23. The fourth-order valence-electron chi connectivity index (χ4n) is 2.43. The van der Waals surface area contributed by atoms with Crippen molar-refractivity contribution in [2.24, 2.45) is 5.92 Å². The SMILES string of the molecule is CCc1nc(N)cc(N2CCC(C(C)O)CC2)n1. The van der Waals surface area contributed by atoms with Crippen molar-refractivity contribution in [3.8, 4) is 0 Å². The number of aromatic nitrogens is 2. The molecule has 1 aliphatic rings. The van der Waals surface area contributed by atoms with Crippen molar-refractivity contribution in [2.75, 3.05) is 23.7 Å². The third kappa shape index (κ3) is 2.90. The third-order valence-electron chi connectivity index (χ3n) is 3.64. The zero-order chi connectivity index (χ0) is 13.1. The van der Waals surface area contributed by atoms with Gasteiger partial charge in [-0.15, -0.1) is 0 Å². The second kappa shape index (κ2) is 5.52. The molecule has 1 aromatic rings. The monoisotopic (exact) mass is 250 g/mol. The molecule has 5 heteroatoms. The van der Waals surface area contributed by atoms with Crippen LogP contribution in [0.15, 0.2) is 6.07 Å². The van der Waals surface area contributed by atoms with Gasteiger partial charge in [-0.1, -0.05) is 6.92 Å². The van der Waals surface area contributed by atoms with Crippen molar-refractivity contribution in [1.82, 2.24) is 9.97 Å².